The van der Waals surface area contributed by atoms with Gasteiger partial charge >= 0.3 is 0 Å². The molecule has 0 radical (unpaired) electrons. The van der Waals surface area contributed by atoms with Crippen LogP contribution < -0.4 is 11.0 Å². The van der Waals surface area contributed by atoms with Gasteiger partial charge in [-0.3, -0.25) is 9.78 Å². The largest absolute Gasteiger partial charge is 0.291 e. The van der Waals surface area contributed by atoms with Crippen molar-refractivity contribution in [3.8, 4) is 0 Å². The minimum atomic E-state index is -0.163. The lowest BCUT2D eigenvalue weighted by Gasteiger charge is -1.98. The molecule has 0 aliphatic rings. The summed E-state index contributed by atoms with van der Waals surface area (Å²) in [5.74, 6) is 0.340. The molecule has 3 aromatic rings. The summed E-state index contributed by atoms with van der Waals surface area (Å²) in [7, 11) is 0. The van der Waals surface area contributed by atoms with Crippen LogP contribution in [0, 0.1) is 0 Å². The van der Waals surface area contributed by atoms with Crippen molar-refractivity contribution in [1.82, 2.24) is 9.97 Å². The summed E-state index contributed by atoms with van der Waals surface area (Å²) in [4.78, 5) is 19.3. The zero-order chi connectivity index (χ0) is 13.1. The molecule has 0 fully saturated rings. The van der Waals surface area contributed by atoms with Gasteiger partial charge in [-0.25, -0.2) is 10.4 Å². The fraction of sp³-hybridized carbons (Fsp3) is 0. The Morgan fingerprint density at radius 1 is 1.26 bits per heavy atom. The second-order valence-electron chi connectivity index (χ2n) is 3.83. The van der Waals surface area contributed by atoms with E-state index >= 15 is 0 Å². The lowest BCUT2D eigenvalue weighted by atomic mass is 10.2. The number of benzene rings is 1. The maximum absolute atomic E-state index is 11.7. The third-order valence-electron chi connectivity index (χ3n) is 2.52. The predicted octanol–water partition coefficient (Wildman–Crippen LogP) is 2.43. The molecule has 0 aliphatic carbocycles. The van der Waals surface area contributed by atoms with Gasteiger partial charge in [-0.2, -0.15) is 5.10 Å². The van der Waals surface area contributed by atoms with Crippen molar-refractivity contribution in [2.75, 3.05) is 5.43 Å². The van der Waals surface area contributed by atoms with E-state index in [1.54, 1.807) is 12.3 Å². The summed E-state index contributed by atoms with van der Waals surface area (Å²) in [5.41, 5.74) is 3.53. The van der Waals surface area contributed by atoms with Gasteiger partial charge in [-0.05, 0) is 17.0 Å². The van der Waals surface area contributed by atoms with Gasteiger partial charge in [0, 0.05) is 0 Å². The summed E-state index contributed by atoms with van der Waals surface area (Å²) in [6.07, 6.45) is 1.67. The summed E-state index contributed by atoms with van der Waals surface area (Å²) < 4.78 is 0. The zero-order valence-electron chi connectivity index (χ0n) is 9.83. The van der Waals surface area contributed by atoms with Gasteiger partial charge in [0.2, 0.25) is 5.95 Å². The molecule has 0 bridgehead atoms. The Kier molecular flexibility index (Phi) is 3.07. The van der Waals surface area contributed by atoms with Gasteiger partial charge in [0.1, 0.15) is 4.83 Å². The molecule has 2 aromatic heterocycles. The minimum absolute atomic E-state index is 0.163. The number of fused-ring (bicyclic) bond motifs is 1. The van der Waals surface area contributed by atoms with Gasteiger partial charge in [-0.15, -0.1) is 11.3 Å². The smallest absolute Gasteiger partial charge is 0.261 e. The Bertz CT molecular complexity index is 776. The Balaban J connectivity index is 1.82. The third-order valence-corrected chi connectivity index (χ3v) is 3.32. The number of aromatic amines is 1. The number of hydrogen-bond donors (Lipinski definition) is 2. The molecule has 5 nitrogen and oxygen atoms in total. The number of H-pyrrole nitrogens is 1. The maximum atomic E-state index is 11.7. The molecule has 2 heterocycles. The van der Waals surface area contributed by atoms with Gasteiger partial charge < -0.3 is 0 Å². The van der Waals surface area contributed by atoms with Crippen LogP contribution in [0.15, 0.2) is 51.7 Å². The van der Waals surface area contributed by atoms with E-state index in [4.69, 9.17) is 0 Å². The molecule has 3 rings (SSSR count). The number of nitrogens with one attached hydrogen (secondary N) is 2. The highest BCUT2D eigenvalue weighted by Crippen LogP contribution is 2.15. The summed E-state index contributed by atoms with van der Waals surface area (Å²) in [5, 5.41) is 6.48. The first kappa shape index (κ1) is 11.6. The Morgan fingerprint density at radius 3 is 2.95 bits per heavy atom. The molecule has 6 heteroatoms. The lowest BCUT2D eigenvalue weighted by molar-refractivity contribution is 1.13. The fourth-order valence-corrected chi connectivity index (χ4v) is 2.39. The molecule has 0 aliphatic heterocycles. The summed E-state index contributed by atoms with van der Waals surface area (Å²) in [6.45, 7) is 0. The van der Waals surface area contributed by atoms with Crippen LogP contribution in [0.25, 0.3) is 10.2 Å². The highest BCUT2D eigenvalue weighted by molar-refractivity contribution is 7.16. The highest BCUT2D eigenvalue weighted by Gasteiger charge is 2.03. The van der Waals surface area contributed by atoms with Gasteiger partial charge in [0.05, 0.1) is 11.6 Å². The van der Waals surface area contributed by atoms with Crippen molar-refractivity contribution in [3.63, 3.8) is 0 Å². The molecule has 1 aromatic carbocycles. The topological polar surface area (TPSA) is 70.1 Å². The Labute approximate surface area is 112 Å². The van der Waals surface area contributed by atoms with E-state index in [1.165, 1.54) is 11.3 Å². The van der Waals surface area contributed by atoms with Crippen molar-refractivity contribution in [1.29, 1.82) is 0 Å². The minimum Gasteiger partial charge on any atom is -0.291 e. The molecule has 0 saturated heterocycles. The van der Waals surface area contributed by atoms with Crippen LogP contribution in [-0.2, 0) is 0 Å². The normalized spacial score (nSPS) is 11.2. The molecule has 0 atom stereocenters. The predicted molar refractivity (Wildman–Crippen MR) is 77.9 cm³/mol. The first-order valence-corrected chi connectivity index (χ1v) is 6.52. The zero-order valence-corrected chi connectivity index (χ0v) is 10.6. The molecule has 0 amide bonds. The standard InChI is InChI=1S/C13H10N4OS/c18-11-10-6-7-19-12(10)16-13(15-11)17-14-8-9-4-2-1-3-5-9/h1-8H,(H2,15,16,17,18)/b14-8+. The Morgan fingerprint density at radius 2 is 2.11 bits per heavy atom. The molecule has 94 valence electrons. The molecule has 0 saturated carbocycles. The quantitative estimate of drug-likeness (QED) is 0.567. The van der Waals surface area contributed by atoms with Crippen LogP contribution >= 0.6 is 11.3 Å². The lowest BCUT2D eigenvalue weighted by Crippen LogP contribution is -2.09. The average molecular weight is 270 g/mol. The first-order valence-electron chi connectivity index (χ1n) is 5.64. The average Bonchev–Trinajstić information content (AvgIpc) is 2.89. The molecular formula is C13H10N4OS. The van der Waals surface area contributed by atoms with Crippen LogP contribution in [0.4, 0.5) is 5.95 Å². The van der Waals surface area contributed by atoms with Crippen LogP contribution in [0.2, 0.25) is 0 Å². The fourth-order valence-electron chi connectivity index (χ4n) is 1.63. The van der Waals surface area contributed by atoms with Crippen molar-refractivity contribution in [2.45, 2.75) is 0 Å². The molecular weight excluding hydrogens is 260 g/mol. The van der Waals surface area contributed by atoms with Crippen molar-refractivity contribution in [3.05, 3.63) is 57.7 Å². The van der Waals surface area contributed by atoms with E-state index in [1.807, 2.05) is 35.7 Å². The third kappa shape index (κ3) is 2.53. The van der Waals surface area contributed by atoms with Crippen LogP contribution in [-0.4, -0.2) is 16.2 Å². The number of nitrogens with zero attached hydrogens (tertiary/aromatic N) is 2. The van der Waals surface area contributed by atoms with Crippen molar-refractivity contribution >= 4 is 33.7 Å². The van der Waals surface area contributed by atoms with E-state index in [9.17, 15) is 4.79 Å². The first-order chi connectivity index (χ1) is 9.33. The van der Waals surface area contributed by atoms with E-state index in [2.05, 4.69) is 20.5 Å². The van der Waals surface area contributed by atoms with Gasteiger partial charge in [-0.1, -0.05) is 30.3 Å². The number of aromatic nitrogens is 2. The second-order valence-corrected chi connectivity index (χ2v) is 4.73. The van der Waals surface area contributed by atoms with E-state index in [0.29, 0.717) is 16.2 Å². The number of hydrogen-bond acceptors (Lipinski definition) is 5. The van der Waals surface area contributed by atoms with Crippen LogP contribution in [0.1, 0.15) is 5.56 Å². The monoisotopic (exact) mass is 270 g/mol. The van der Waals surface area contributed by atoms with Crippen LogP contribution in [0.3, 0.4) is 0 Å². The van der Waals surface area contributed by atoms with Gasteiger partial charge in [0.15, 0.2) is 0 Å². The van der Waals surface area contributed by atoms with E-state index in [0.717, 1.165) is 5.56 Å². The molecule has 0 spiro atoms. The number of rotatable bonds is 3. The van der Waals surface area contributed by atoms with Crippen LogP contribution in [0.5, 0.6) is 0 Å². The van der Waals surface area contributed by atoms with Gasteiger partial charge in [0.25, 0.3) is 5.56 Å². The summed E-state index contributed by atoms with van der Waals surface area (Å²) in [6, 6.07) is 11.4. The molecule has 0 unspecified atom stereocenters. The number of thiophene rings is 1. The SMILES string of the molecule is O=c1[nH]c(N/N=C/c2ccccc2)nc2sccc12. The van der Waals surface area contributed by atoms with E-state index < -0.39 is 0 Å². The highest BCUT2D eigenvalue weighted by atomic mass is 32.1. The van der Waals surface area contributed by atoms with E-state index in [-0.39, 0.29) is 5.56 Å². The maximum Gasteiger partial charge on any atom is 0.261 e. The van der Waals surface area contributed by atoms with Crippen molar-refractivity contribution in [2.24, 2.45) is 5.10 Å². The van der Waals surface area contributed by atoms with Crippen molar-refractivity contribution < 1.29 is 0 Å². The molecule has 2 N–H and O–H groups in total. The number of anilines is 1. The second kappa shape index (κ2) is 5.03. The number of hydrazone groups is 1. The summed E-state index contributed by atoms with van der Waals surface area (Å²) >= 11 is 1.42. The Hall–Kier alpha value is -2.47. The molecule has 19 heavy (non-hydrogen) atoms.